The number of rotatable bonds is 2. The lowest BCUT2D eigenvalue weighted by Crippen LogP contribution is -2.55. The third-order valence-corrected chi connectivity index (χ3v) is 5.41. The minimum atomic E-state index is -0.157. The Morgan fingerprint density at radius 3 is 3.04 bits per heavy atom. The van der Waals surface area contributed by atoms with Crippen LogP contribution in [0.3, 0.4) is 0 Å². The monoisotopic (exact) mass is 341 g/mol. The molecule has 0 spiro atoms. The van der Waals surface area contributed by atoms with E-state index in [0.717, 1.165) is 31.2 Å². The molecule has 0 radical (unpaired) electrons. The van der Waals surface area contributed by atoms with E-state index in [-0.39, 0.29) is 30.2 Å². The van der Waals surface area contributed by atoms with Crippen molar-refractivity contribution in [3.8, 4) is 0 Å². The molecule has 1 aromatic carbocycles. The van der Waals surface area contributed by atoms with Crippen LogP contribution < -0.4 is 5.56 Å². The third kappa shape index (κ3) is 2.95. The highest BCUT2D eigenvalue weighted by atomic mass is 16.5. The minimum absolute atomic E-state index is 0.0175. The first-order chi connectivity index (χ1) is 12.1. The van der Waals surface area contributed by atoms with Crippen molar-refractivity contribution < 1.29 is 9.53 Å². The smallest absolute Gasteiger partial charge is 0.261 e. The van der Waals surface area contributed by atoms with Gasteiger partial charge in [0.05, 0.1) is 36.0 Å². The van der Waals surface area contributed by atoms with Gasteiger partial charge in [-0.15, -0.1) is 0 Å². The molecule has 4 rings (SSSR count). The van der Waals surface area contributed by atoms with Gasteiger partial charge in [-0.1, -0.05) is 25.0 Å². The van der Waals surface area contributed by atoms with E-state index < -0.39 is 0 Å². The molecule has 6 heteroatoms. The summed E-state index contributed by atoms with van der Waals surface area (Å²) in [5, 5.41) is 0.563. The number of aromatic nitrogens is 2. The van der Waals surface area contributed by atoms with E-state index in [0.29, 0.717) is 24.1 Å². The number of carbonyl (C=O) groups excluding carboxylic acids is 1. The highest BCUT2D eigenvalue weighted by Crippen LogP contribution is 2.28. The van der Waals surface area contributed by atoms with Gasteiger partial charge in [0.15, 0.2) is 0 Å². The van der Waals surface area contributed by atoms with Gasteiger partial charge in [-0.05, 0) is 31.4 Å². The minimum Gasteiger partial charge on any atom is -0.374 e. The van der Waals surface area contributed by atoms with Crippen LogP contribution in [0, 0.1) is 6.92 Å². The number of hydrogen-bond acceptors (Lipinski definition) is 4. The second-order valence-electron chi connectivity index (χ2n) is 7.00. The molecule has 132 valence electrons. The van der Waals surface area contributed by atoms with Crippen LogP contribution in [0.25, 0.3) is 10.9 Å². The lowest BCUT2D eigenvalue weighted by atomic mass is 9.90. The zero-order valence-electron chi connectivity index (χ0n) is 14.5. The Balaban J connectivity index is 1.59. The molecule has 2 aliphatic rings. The van der Waals surface area contributed by atoms with E-state index in [1.807, 2.05) is 24.0 Å². The van der Waals surface area contributed by atoms with E-state index in [2.05, 4.69) is 4.98 Å². The maximum atomic E-state index is 12.9. The Bertz CT molecular complexity index is 859. The molecule has 2 atom stereocenters. The fourth-order valence-electron chi connectivity index (χ4n) is 4.09. The van der Waals surface area contributed by atoms with Crippen molar-refractivity contribution >= 4 is 16.8 Å². The predicted molar refractivity (Wildman–Crippen MR) is 94.4 cm³/mol. The summed E-state index contributed by atoms with van der Waals surface area (Å²) >= 11 is 0. The summed E-state index contributed by atoms with van der Waals surface area (Å²) in [5.41, 5.74) is 1.51. The van der Waals surface area contributed by atoms with Crippen LogP contribution in [0.15, 0.2) is 29.3 Å². The van der Waals surface area contributed by atoms with Gasteiger partial charge in [0.1, 0.15) is 6.54 Å². The second kappa shape index (κ2) is 6.59. The summed E-state index contributed by atoms with van der Waals surface area (Å²) in [6.07, 6.45) is 5.95. The Morgan fingerprint density at radius 1 is 1.32 bits per heavy atom. The lowest BCUT2D eigenvalue weighted by Gasteiger charge is -2.43. The number of aryl methyl sites for hydroxylation is 1. The third-order valence-electron chi connectivity index (χ3n) is 5.41. The van der Waals surface area contributed by atoms with Crippen molar-refractivity contribution in [1.29, 1.82) is 0 Å². The SMILES string of the molecule is Cc1cccc2c(=O)n(CC(=O)N3CCO[C@@H]4CCCC[C@H]43)cnc12. The van der Waals surface area contributed by atoms with E-state index in [1.54, 1.807) is 6.07 Å². The van der Waals surface area contributed by atoms with Crippen LogP contribution in [0.2, 0.25) is 0 Å². The van der Waals surface area contributed by atoms with Gasteiger partial charge in [0.25, 0.3) is 5.56 Å². The first-order valence-corrected chi connectivity index (χ1v) is 9.01. The Morgan fingerprint density at radius 2 is 2.16 bits per heavy atom. The van der Waals surface area contributed by atoms with Crippen LogP contribution in [0.5, 0.6) is 0 Å². The number of benzene rings is 1. The average Bonchev–Trinajstić information content (AvgIpc) is 2.64. The second-order valence-corrected chi connectivity index (χ2v) is 7.00. The molecule has 1 saturated carbocycles. The highest BCUT2D eigenvalue weighted by molar-refractivity contribution is 5.81. The fraction of sp³-hybridized carbons (Fsp3) is 0.526. The Kier molecular flexibility index (Phi) is 4.29. The first-order valence-electron chi connectivity index (χ1n) is 9.01. The molecule has 2 aromatic rings. The van der Waals surface area contributed by atoms with Crippen molar-refractivity contribution in [2.75, 3.05) is 13.2 Å². The summed E-state index contributed by atoms with van der Waals surface area (Å²) in [7, 11) is 0. The topological polar surface area (TPSA) is 64.4 Å². The first kappa shape index (κ1) is 16.3. The molecular weight excluding hydrogens is 318 g/mol. The Labute approximate surface area is 146 Å². The summed E-state index contributed by atoms with van der Waals surface area (Å²) in [4.78, 5) is 31.9. The summed E-state index contributed by atoms with van der Waals surface area (Å²) < 4.78 is 7.26. The van der Waals surface area contributed by atoms with Crippen molar-refractivity contribution in [1.82, 2.24) is 14.5 Å². The zero-order chi connectivity index (χ0) is 17.4. The van der Waals surface area contributed by atoms with E-state index >= 15 is 0 Å². The van der Waals surface area contributed by atoms with Crippen LogP contribution in [-0.4, -0.2) is 45.7 Å². The van der Waals surface area contributed by atoms with Gasteiger partial charge >= 0.3 is 0 Å². The lowest BCUT2D eigenvalue weighted by molar-refractivity contribution is -0.150. The summed E-state index contributed by atoms with van der Waals surface area (Å²) in [5.74, 6) is -0.0175. The average molecular weight is 341 g/mol. The van der Waals surface area contributed by atoms with E-state index in [4.69, 9.17) is 4.74 Å². The van der Waals surface area contributed by atoms with E-state index in [9.17, 15) is 9.59 Å². The van der Waals surface area contributed by atoms with Crippen molar-refractivity contribution in [3.05, 3.63) is 40.4 Å². The quantitative estimate of drug-likeness (QED) is 0.836. The van der Waals surface area contributed by atoms with Crippen LogP contribution in [0.1, 0.15) is 31.2 Å². The van der Waals surface area contributed by atoms with Gasteiger partial charge in [-0.25, -0.2) is 4.98 Å². The molecule has 1 aromatic heterocycles. The Hall–Kier alpha value is -2.21. The standard InChI is InChI=1S/C19H23N3O3/c1-13-5-4-6-14-18(13)20-12-21(19(14)24)11-17(23)22-9-10-25-16-8-3-2-7-15(16)22/h4-6,12,15-16H,2-3,7-11H2,1H3/t15-,16-/m1/s1. The molecular formula is C19H23N3O3. The largest absolute Gasteiger partial charge is 0.374 e. The number of fused-ring (bicyclic) bond motifs is 2. The van der Waals surface area contributed by atoms with Crippen LogP contribution in [0.4, 0.5) is 0 Å². The molecule has 25 heavy (non-hydrogen) atoms. The predicted octanol–water partition coefficient (Wildman–Crippen LogP) is 1.87. The number of hydrogen-bond donors (Lipinski definition) is 0. The molecule has 0 N–H and O–H groups in total. The van der Waals surface area contributed by atoms with E-state index in [1.165, 1.54) is 10.9 Å². The van der Waals surface area contributed by atoms with Crippen molar-refractivity contribution in [2.45, 2.75) is 51.3 Å². The van der Waals surface area contributed by atoms with Gasteiger partial charge in [-0.2, -0.15) is 0 Å². The molecule has 1 saturated heterocycles. The zero-order valence-corrected chi connectivity index (χ0v) is 14.5. The maximum absolute atomic E-state index is 12.9. The molecule has 1 aliphatic carbocycles. The van der Waals surface area contributed by atoms with Crippen molar-refractivity contribution in [2.24, 2.45) is 0 Å². The number of para-hydroxylation sites is 1. The molecule has 1 amide bonds. The molecule has 1 aliphatic heterocycles. The summed E-state index contributed by atoms with van der Waals surface area (Å²) in [6.45, 7) is 3.16. The maximum Gasteiger partial charge on any atom is 0.261 e. The van der Waals surface area contributed by atoms with Crippen LogP contribution in [-0.2, 0) is 16.1 Å². The normalized spacial score (nSPS) is 23.5. The number of ether oxygens (including phenoxy) is 1. The fourth-order valence-corrected chi connectivity index (χ4v) is 4.09. The number of amides is 1. The number of nitrogens with zero attached hydrogens (tertiary/aromatic N) is 3. The number of morpholine rings is 1. The van der Waals surface area contributed by atoms with Gasteiger partial charge in [-0.3, -0.25) is 14.2 Å². The molecule has 6 nitrogen and oxygen atoms in total. The van der Waals surface area contributed by atoms with Crippen molar-refractivity contribution in [3.63, 3.8) is 0 Å². The van der Waals surface area contributed by atoms with Crippen LogP contribution >= 0.6 is 0 Å². The van der Waals surface area contributed by atoms with Gasteiger partial charge < -0.3 is 9.64 Å². The number of carbonyl (C=O) groups is 1. The molecule has 0 unspecified atom stereocenters. The van der Waals surface area contributed by atoms with Gasteiger partial charge in [0.2, 0.25) is 5.91 Å². The molecule has 2 fully saturated rings. The van der Waals surface area contributed by atoms with Gasteiger partial charge in [0, 0.05) is 6.54 Å². The molecule has 2 heterocycles. The highest BCUT2D eigenvalue weighted by Gasteiger charge is 2.36. The summed E-state index contributed by atoms with van der Waals surface area (Å²) in [6, 6.07) is 5.70. The molecule has 0 bridgehead atoms.